The maximum Gasteiger partial charge on any atom is 0.0666 e. The van der Waals surface area contributed by atoms with Crippen molar-refractivity contribution in [2.24, 2.45) is 5.73 Å². The molecular weight excluding hydrogens is 323 g/mol. The molecule has 0 aliphatic rings. The van der Waals surface area contributed by atoms with E-state index in [1.807, 2.05) is 12.1 Å². The van der Waals surface area contributed by atoms with Crippen molar-refractivity contribution in [3.63, 3.8) is 0 Å². The molecule has 0 radical (unpaired) electrons. The SMILES string of the molecule is NCCCCc1c(-c2cccs2)[nH]c2c(Cl)ccc(Cl)c12. The van der Waals surface area contributed by atoms with E-state index >= 15 is 0 Å². The first-order chi connectivity index (χ1) is 10.2. The van der Waals surface area contributed by atoms with E-state index in [0.717, 1.165) is 40.9 Å². The van der Waals surface area contributed by atoms with Crippen LogP contribution in [0, 0.1) is 0 Å². The Bertz CT molecular complexity index is 747. The Morgan fingerprint density at radius 2 is 1.90 bits per heavy atom. The Balaban J connectivity index is 2.18. The number of thiophene rings is 1. The number of aryl methyl sites for hydroxylation is 1. The number of hydrogen-bond donors (Lipinski definition) is 2. The van der Waals surface area contributed by atoms with E-state index in [4.69, 9.17) is 28.9 Å². The van der Waals surface area contributed by atoms with Crippen LogP contribution in [0.15, 0.2) is 29.6 Å². The molecule has 0 spiro atoms. The van der Waals surface area contributed by atoms with E-state index in [0.29, 0.717) is 11.6 Å². The van der Waals surface area contributed by atoms with E-state index in [1.54, 1.807) is 11.3 Å². The Kier molecular flexibility index (Phi) is 4.55. The van der Waals surface area contributed by atoms with Gasteiger partial charge in [-0.15, -0.1) is 11.3 Å². The van der Waals surface area contributed by atoms with Gasteiger partial charge in [0, 0.05) is 5.39 Å². The van der Waals surface area contributed by atoms with Crippen LogP contribution < -0.4 is 5.73 Å². The molecule has 1 aromatic carbocycles. The predicted octanol–water partition coefficient (Wildman–Crippen LogP) is 5.48. The molecule has 3 aromatic rings. The van der Waals surface area contributed by atoms with Gasteiger partial charge in [-0.25, -0.2) is 0 Å². The minimum absolute atomic E-state index is 0.706. The molecule has 0 fully saturated rings. The van der Waals surface area contributed by atoms with Crippen LogP contribution in [-0.2, 0) is 6.42 Å². The fourth-order valence-electron chi connectivity index (χ4n) is 2.62. The highest BCUT2D eigenvalue weighted by Gasteiger charge is 2.17. The zero-order valence-corrected chi connectivity index (χ0v) is 13.8. The van der Waals surface area contributed by atoms with Crippen LogP contribution in [0.3, 0.4) is 0 Å². The molecule has 110 valence electrons. The number of nitrogens with two attached hydrogens (primary N) is 1. The summed E-state index contributed by atoms with van der Waals surface area (Å²) < 4.78 is 0. The van der Waals surface area contributed by atoms with Crippen molar-refractivity contribution in [3.8, 4) is 10.6 Å². The molecule has 5 heteroatoms. The summed E-state index contributed by atoms with van der Waals surface area (Å²) in [5.74, 6) is 0. The van der Waals surface area contributed by atoms with E-state index < -0.39 is 0 Å². The number of nitrogens with one attached hydrogen (secondary N) is 1. The highest BCUT2D eigenvalue weighted by molar-refractivity contribution is 7.13. The third kappa shape index (κ3) is 2.84. The van der Waals surface area contributed by atoms with Gasteiger partial charge in [-0.3, -0.25) is 0 Å². The number of rotatable bonds is 5. The van der Waals surface area contributed by atoms with Crippen LogP contribution in [0.25, 0.3) is 21.5 Å². The number of hydrogen-bond acceptors (Lipinski definition) is 2. The number of benzene rings is 1. The maximum atomic E-state index is 6.42. The summed E-state index contributed by atoms with van der Waals surface area (Å²) in [4.78, 5) is 4.67. The fourth-order valence-corrected chi connectivity index (χ4v) is 3.85. The van der Waals surface area contributed by atoms with Gasteiger partial charge >= 0.3 is 0 Å². The van der Waals surface area contributed by atoms with Crippen molar-refractivity contribution in [3.05, 3.63) is 45.3 Å². The predicted molar refractivity (Wildman–Crippen MR) is 93.6 cm³/mol. The number of halogens is 2. The Morgan fingerprint density at radius 1 is 1.10 bits per heavy atom. The molecule has 0 atom stereocenters. The summed E-state index contributed by atoms with van der Waals surface area (Å²) in [6.45, 7) is 0.713. The second-order valence-corrected chi connectivity index (χ2v) is 6.74. The average molecular weight is 339 g/mol. The lowest BCUT2D eigenvalue weighted by Gasteiger charge is -2.04. The molecule has 0 amide bonds. The minimum atomic E-state index is 0.706. The Hall–Kier alpha value is -1.00. The number of fused-ring (bicyclic) bond motifs is 1. The molecular formula is C16H16Cl2N2S. The van der Waals surface area contributed by atoms with Crippen molar-refractivity contribution < 1.29 is 0 Å². The van der Waals surface area contributed by atoms with Gasteiger partial charge in [-0.05, 0) is 54.9 Å². The van der Waals surface area contributed by atoms with Crippen LogP contribution >= 0.6 is 34.5 Å². The largest absolute Gasteiger partial charge is 0.352 e. The molecule has 0 saturated carbocycles. The van der Waals surface area contributed by atoms with Crippen molar-refractivity contribution in [1.29, 1.82) is 0 Å². The van der Waals surface area contributed by atoms with E-state index in [2.05, 4.69) is 22.5 Å². The Morgan fingerprint density at radius 3 is 2.62 bits per heavy atom. The standard InChI is InChI=1S/C16H16Cl2N2S/c17-11-6-7-12(18)16-14(11)10(4-1-2-8-19)15(20-16)13-5-3-9-21-13/h3,5-7,9,20H,1-2,4,8,19H2. The van der Waals surface area contributed by atoms with E-state index in [9.17, 15) is 0 Å². The molecule has 0 unspecified atom stereocenters. The zero-order chi connectivity index (χ0) is 14.8. The Labute approximate surface area is 137 Å². The van der Waals surface area contributed by atoms with Crippen LogP contribution in [-0.4, -0.2) is 11.5 Å². The van der Waals surface area contributed by atoms with Crippen molar-refractivity contribution in [1.82, 2.24) is 4.98 Å². The maximum absolute atomic E-state index is 6.42. The molecule has 2 nitrogen and oxygen atoms in total. The molecule has 2 heterocycles. The van der Waals surface area contributed by atoms with Crippen LogP contribution in [0.2, 0.25) is 10.0 Å². The number of unbranched alkanes of at least 4 members (excludes halogenated alkanes) is 1. The lowest BCUT2D eigenvalue weighted by Crippen LogP contribution is -1.99. The van der Waals surface area contributed by atoms with Gasteiger partial charge in [0.15, 0.2) is 0 Å². The summed E-state index contributed by atoms with van der Waals surface area (Å²) in [7, 11) is 0. The first-order valence-electron chi connectivity index (χ1n) is 6.95. The van der Waals surface area contributed by atoms with Crippen LogP contribution in [0.1, 0.15) is 18.4 Å². The first-order valence-corrected chi connectivity index (χ1v) is 8.58. The first kappa shape index (κ1) is 14.9. The van der Waals surface area contributed by atoms with Gasteiger partial charge in [-0.2, -0.15) is 0 Å². The minimum Gasteiger partial charge on any atom is -0.352 e. The second-order valence-electron chi connectivity index (χ2n) is 4.98. The van der Waals surface area contributed by atoms with Gasteiger partial charge < -0.3 is 10.7 Å². The van der Waals surface area contributed by atoms with Crippen LogP contribution in [0.4, 0.5) is 0 Å². The molecule has 3 N–H and O–H groups in total. The smallest absolute Gasteiger partial charge is 0.0666 e. The molecule has 0 bridgehead atoms. The monoisotopic (exact) mass is 338 g/mol. The molecule has 0 aliphatic heterocycles. The summed E-state index contributed by atoms with van der Waals surface area (Å²) in [5, 5.41) is 4.58. The quantitative estimate of drug-likeness (QED) is 0.594. The molecule has 0 aliphatic carbocycles. The summed E-state index contributed by atoms with van der Waals surface area (Å²) >= 11 is 14.5. The van der Waals surface area contributed by atoms with Crippen molar-refractivity contribution in [2.75, 3.05) is 6.54 Å². The normalized spacial score (nSPS) is 11.4. The summed E-state index contributed by atoms with van der Waals surface area (Å²) in [6.07, 6.45) is 3.00. The third-order valence-electron chi connectivity index (χ3n) is 3.61. The molecule has 0 saturated heterocycles. The van der Waals surface area contributed by atoms with Crippen molar-refractivity contribution >= 4 is 45.4 Å². The van der Waals surface area contributed by atoms with E-state index in [-0.39, 0.29) is 0 Å². The number of H-pyrrole nitrogens is 1. The van der Waals surface area contributed by atoms with Gasteiger partial charge in [0.05, 0.1) is 26.1 Å². The van der Waals surface area contributed by atoms with Crippen LogP contribution in [0.5, 0.6) is 0 Å². The van der Waals surface area contributed by atoms with Gasteiger partial charge in [-0.1, -0.05) is 29.3 Å². The number of aromatic amines is 1. The average Bonchev–Trinajstić information content (AvgIpc) is 3.11. The fraction of sp³-hybridized carbons (Fsp3) is 0.250. The van der Waals surface area contributed by atoms with Crippen molar-refractivity contribution in [2.45, 2.75) is 19.3 Å². The van der Waals surface area contributed by atoms with Gasteiger partial charge in [0.2, 0.25) is 0 Å². The second kappa shape index (κ2) is 6.41. The highest BCUT2D eigenvalue weighted by Crippen LogP contribution is 2.39. The molecule has 2 aromatic heterocycles. The van der Waals surface area contributed by atoms with E-state index in [1.165, 1.54) is 10.4 Å². The lowest BCUT2D eigenvalue weighted by atomic mass is 10.0. The van der Waals surface area contributed by atoms with Gasteiger partial charge in [0.25, 0.3) is 0 Å². The van der Waals surface area contributed by atoms with Gasteiger partial charge in [0.1, 0.15) is 0 Å². The molecule has 21 heavy (non-hydrogen) atoms. The zero-order valence-electron chi connectivity index (χ0n) is 11.5. The third-order valence-corrected chi connectivity index (χ3v) is 5.12. The lowest BCUT2D eigenvalue weighted by molar-refractivity contribution is 0.748. The number of aromatic nitrogens is 1. The summed E-state index contributed by atoms with van der Waals surface area (Å²) in [6, 6.07) is 7.87. The molecule has 3 rings (SSSR count). The summed E-state index contributed by atoms with van der Waals surface area (Å²) in [5.41, 5.74) is 8.92. The topological polar surface area (TPSA) is 41.8 Å². The highest BCUT2D eigenvalue weighted by atomic mass is 35.5.